The molecule has 0 aromatic carbocycles. The zero-order chi connectivity index (χ0) is 13.1. The molecule has 0 radical (unpaired) electrons. The highest BCUT2D eigenvalue weighted by molar-refractivity contribution is 4.98. The van der Waals surface area contributed by atoms with Gasteiger partial charge >= 0.3 is 0 Å². The Hall–Kier alpha value is -0.0800. The van der Waals surface area contributed by atoms with Crippen molar-refractivity contribution in [1.29, 1.82) is 0 Å². The molecule has 0 amide bonds. The molecule has 2 nitrogen and oxygen atoms in total. The molecular weight excluding hydrogens is 208 g/mol. The van der Waals surface area contributed by atoms with Gasteiger partial charge in [-0.3, -0.25) is 4.90 Å². The van der Waals surface area contributed by atoms with E-state index in [2.05, 4.69) is 51.8 Å². The lowest BCUT2D eigenvalue weighted by molar-refractivity contribution is 0.0213. The molecule has 0 spiro atoms. The Balaban J connectivity index is 2.70. The van der Waals surface area contributed by atoms with Gasteiger partial charge in [-0.1, -0.05) is 41.0 Å². The minimum absolute atomic E-state index is 0.358. The van der Waals surface area contributed by atoms with Gasteiger partial charge in [0.25, 0.3) is 0 Å². The summed E-state index contributed by atoms with van der Waals surface area (Å²) in [6, 6.07) is 0.624. The number of rotatable bonds is 4. The molecule has 1 N–H and O–H groups in total. The smallest absolute Gasteiger partial charge is 0.0303 e. The molecule has 1 aliphatic heterocycles. The molecule has 102 valence electrons. The Morgan fingerprint density at radius 3 is 2.41 bits per heavy atom. The van der Waals surface area contributed by atoms with E-state index in [1.165, 1.54) is 32.4 Å². The van der Waals surface area contributed by atoms with Crippen LogP contribution in [0.1, 0.15) is 60.8 Å². The average molecular weight is 240 g/mol. The highest BCUT2D eigenvalue weighted by Crippen LogP contribution is 2.29. The van der Waals surface area contributed by atoms with Crippen molar-refractivity contribution in [2.75, 3.05) is 19.6 Å². The van der Waals surface area contributed by atoms with Crippen LogP contribution in [-0.4, -0.2) is 36.1 Å². The second-order valence-electron chi connectivity index (χ2n) is 6.95. The van der Waals surface area contributed by atoms with E-state index in [1.807, 2.05) is 0 Å². The SMILES string of the molecule is CCCCN1CC(C(C)(C)C)NCC1(C)CC. The van der Waals surface area contributed by atoms with Crippen molar-refractivity contribution in [3.63, 3.8) is 0 Å². The fraction of sp³-hybridized carbons (Fsp3) is 1.00. The van der Waals surface area contributed by atoms with Gasteiger partial charge in [-0.05, 0) is 31.7 Å². The molecule has 2 unspecified atom stereocenters. The van der Waals surface area contributed by atoms with Crippen LogP contribution in [0.2, 0.25) is 0 Å². The number of nitrogens with zero attached hydrogens (tertiary/aromatic N) is 1. The van der Waals surface area contributed by atoms with Gasteiger partial charge in [-0.2, -0.15) is 0 Å². The molecule has 0 aromatic rings. The molecule has 2 heteroatoms. The molecule has 1 rings (SSSR count). The zero-order valence-electron chi connectivity index (χ0n) is 12.8. The largest absolute Gasteiger partial charge is 0.310 e. The maximum absolute atomic E-state index is 3.77. The number of piperazine rings is 1. The molecule has 0 aliphatic carbocycles. The van der Waals surface area contributed by atoms with Crippen LogP contribution in [-0.2, 0) is 0 Å². The minimum Gasteiger partial charge on any atom is -0.310 e. The van der Waals surface area contributed by atoms with Gasteiger partial charge in [0, 0.05) is 24.7 Å². The lowest BCUT2D eigenvalue weighted by Gasteiger charge is -2.51. The van der Waals surface area contributed by atoms with E-state index in [0.29, 0.717) is 17.0 Å². The molecule has 1 heterocycles. The van der Waals surface area contributed by atoms with Crippen molar-refractivity contribution >= 4 is 0 Å². The fourth-order valence-electron chi connectivity index (χ4n) is 2.60. The van der Waals surface area contributed by atoms with Crippen LogP contribution >= 0.6 is 0 Å². The Kier molecular flexibility index (Phi) is 5.03. The van der Waals surface area contributed by atoms with Crippen molar-refractivity contribution in [2.45, 2.75) is 72.4 Å². The Morgan fingerprint density at radius 2 is 1.94 bits per heavy atom. The second kappa shape index (κ2) is 5.71. The molecule has 0 bridgehead atoms. The van der Waals surface area contributed by atoms with Crippen LogP contribution in [0.4, 0.5) is 0 Å². The van der Waals surface area contributed by atoms with E-state index >= 15 is 0 Å². The van der Waals surface area contributed by atoms with E-state index in [4.69, 9.17) is 0 Å². The van der Waals surface area contributed by atoms with Crippen LogP contribution in [0, 0.1) is 5.41 Å². The predicted octanol–water partition coefficient (Wildman–Crippen LogP) is 3.28. The van der Waals surface area contributed by atoms with Crippen LogP contribution in [0.25, 0.3) is 0 Å². The second-order valence-corrected chi connectivity index (χ2v) is 6.95. The topological polar surface area (TPSA) is 15.3 Å². The summed E-state index contributed by atoms with van der Waals surface area (Å²) in [5, 5.41) is 3.77. The Bertz CT molecular complexity index is 232. The maximum atomic E-state index is 3.77. The third kappa shape index (κ3) is 3.69. The fourth-order valence-corrected chi connectivity index (χ4v) is 2.60. The van der Waals surface area contributed by atoms with E-state index in [0.717, 1.165) is 6.54 Å². The van der Waals surface area contributed by atoms with E-state index in [9.17, 15) is 0 Å². The van der Waals surface area contributed by atoms with Crippen molar-refractivity contribution in [3.05, 3.63) is 0 Å². The number of hydrogen-bond acceptors (Lipinski definition) is 2. The number of unbranched alkanes of at least 4 members (excludes halogenated alkanes) is 1. The summed E-state index contributed by atoms with van der Waals surface area (Å²) in [5.74, 6) is 0. The summed E-state index contributed by atoms with van der Waals surface area (Å²) < 4.78 is 0. The highest BCUT2D eigenvalue weighted by Gasteiger charge is 2.39. The van der Waals surface area contributed by atoms with Crippen molar-refractivity contribution in [3.8, 4) is 0 Å². The van der Waals surface area contributed by atoms with Crippen molar-refractivity contribution < 1.29 is 0 Å². The molecule has 2 atom stereocenters. The summed E-state index contributed by atoms with van der Waals surface area (Å²) >= 11 is 0. The molecule has 1 saturated heterocycles. The summed E-state index contributed by atoms with van der Waals surface area (Å²) in [6.07, 6.45) is 3.86. The van der Waals surface area contributed by atoms with Gasteiger partial charge in [0.05, 0.1) is 0 Å². The number of hydrogen-bond donors (Lipinski definition) is 1. The number of nitrogens with one attached hydrogen (secondary N) is 1. The minimum atomic E-state index is 0.358. The first-order chi connectivity index (χ1) is 7.83. The van der Waals surface area contributed by atoms with Crippen LogP contribution in [0.3, 0.4) is 0 Å². The Morgan fingerprint density at radius 1 is 1.29 bits per heavy atom. The van der Waals surface area contributed by atoms with Gasteiger partial charge < -0.3 is 5.32 Å². The first-order valence-electron chi connectivity index (χ1n) is 7.32. The van der Waals surface area contributed by atoms with Gasteiger partial charge in [-0.25, -0.2) is 0 Å². The summed E-state index contributed by atoms with van der Waals surface area (Å²) in [6.45, 7) is 17.6. The highest BCUT2D eigenvalue weighted by atomic mass is 15.3. The van der Waals surface area contributed by atoms with Gasteiger partial charge in [0.2, 0.25) is 0 Å². The van der Waals surface area contributed by atoms with E-state index in [-0.39, 0.29) is 0 Å². The molecule has 0 aromatic heterocycles. The van der Waals surface area contributed by atoms with E-state index < -0.39 is 0 Å². The third-order valence-corrected chi connectivity index (χ3v) is 4.48. The van der Waals surface area contributed by atoms with Crippen molar-refractivity contribution in [2.24, 2.45) is 5.41 Å². The molecule has 0 saturated carbocycles. The predicted molar refractivity (Wildman–Crippen MR) is 76.4 cm³/mol. The quantitative estimate of drug-likeness (QED) is 0.811. The lowest BCUT2D eigenvalue weighted by atomic mass is 9.81. The van der Waals surface area contributed by atoms with Crippen LogP contribution in [0.5, 0.6) is 0 Å². The zero-order valence-corrected chi connectivity index (χ0v) is 12.8. The van der Waals surface area contributed by atoms with Crippen LogP contribution < -0.4 is 5.32 Å². The molecule has 1 fully saturated rings. The molecular formula is C15H32N2. The standard InChI is InChI=1S/C15H32N2/c1-7-9-10-17-11-13(14(3,4)5)16-12-15(17,6)8-2/h13,16H,7-12H2,1-6H3. The van der Waals surface area contributed by atoms with Crippen molar-refractivity contribution in [1.82, 2.24) is 10.2 Å². The maximum Gasteiger partial charge on any atom is 0.0303 e. The Labute approximate surface area is 108 Å². The van der Waals surface area contributed by atoms with Gasteiger partial charge in [0.1, 0.15) is 0 Å². The first-order valence-corrected chi connectivity index (χ1v) is 7.32. The molecule has 1 aliphatic rings. The van der Waals surface area contributed by atoms with Crippen LogP contribution in [0.15, 0.2) is 0 Å². The average Bonchev–Trinajstić information content (AvgIpc) is 2.26. The van der Waals surface area contributed by atoms with Gasteiger partial charge in [-0.15, -0.1) is 0 Å². The summed E-state index contributed by atoms with van der Waals surface area (Å²) in [7, 11) is 0. The first kappa shape index (κ1) is 15.0. The van der Waals surface area contributed by atoms with E-state index in [1.54, 1.807) is 0 Å². The monoisotopic (exact) mass is 240 g/mol. The normalized spacial score (nSPS) is 31.8. The summed E-state index contributed by atoms with van der Waals surface area (Å²) in [4.78, 5) is 2.73. The third-order valence-electron chi connectivity index (χ3n) is 4.48. The van der Waals surface area contributed by atoms with Gasteiger partial charge in [0.15, 0.2) is 0 Å². The lowest BCUT2D eigenvalue weighted by Crippen LogP contribution is -2.65. The summed E-state index contributed by atoms with van der Waals surface area (Å²) in [5.41, 5.74) is 0.719. The molecule has 17 heavy (non-hydrogen) atoms.